The normalized spacial score (nSPS) is 9.70. The molecule has 0 aliphatic heterocycles. The lowest BCUT2D eigenvalue weighted by molar-refractivity contribution is -0.123. The van der Waals surface area contributed by atoms with E-state index in [0.29, 0.717) is 0 Å². The highest BCUT2D eigenvalue weighted by atomic mass is 35.5. The largest absolute Gasteiger partial charge is 0.451 e. The number of pyridine rings is 1. The van der Waals surface area contributed by atoms with Crippen molar-refractivity contribution in [3.8, 4) is 12.3 Å². The van der Waals surface area contributed by atoms with E-state index in [1.807, 2.05) is 0 Å². The third kappa shape index (κ3) is 3.90. The van der Waals surface area contributed by atoms with Gasteiger partial charge in [-0.25, -0.2) is 9.78 Å². The first-order valence-corrected chi connectivity index (χ1v) is 6.19. The molecule has 1 rings (SSSR count). The van der Waals surface area contributed by atoms with Crippen LogP contribution in [0.1, 0.15) is 10.5 Å². The number of amides is 1. The second kappa shape index (κ2) is 7.20. The summed E-state index contributed by atoms with van der Waals surface area (Å²) in [6, 6.07) is 0. The number of halogens is 3. The lowest BCUT2D eigenvalue weighted by Crippen LogP contribution is -2.29. The number of anilines is 1. The lowest BCUT2D eigenvalue weighted by Gasteiger charge is -2.09. The fraction of sp³-hybridized carbons (Fsp3) is 0.182. The molecule has 0 saturated carbocycles. The van der Waals surface area contributed by atoms with Gasteiger partial charge in [0.2, 0.25) is 0 Å². The summed E-state index contributed by atoms with van der Waals surface area (Å²) in [6.45, 7) is -0.520. The van der Waals surface area contributed by atoms with Crippen LogP contribution in [0.25, 0.3) is 0 Å². The first kappa shape index (κ1) is 16.4. The zero-order valence-corrected chi connectivity index (χ0v) is 12.1. The zero-order chi connectivity index (χ0) is 15.3. The van der Waals surface area contributed by atoms with Crippen LogP contribution in [-0.4, -0.2) is 30.0 Å². The Labute approximate surface area is 129 Å². The van der Waals surface area contributed by atoms with E-state index < -0.39 is 18.5 Å². The van der Waals surface area contributed by atoms with Crippen LogP contribution in [0.3, 0.4) is 0 Å². The average Bonchev–Trinajstić information content (AvgIpc) is 2.44. The Bertz CT molecular complexity index is 599. The van der Waals surface area contributed by atoms with Crippen LogP contribution < -0.4 is 11.1 Å². The number of carbonyl (C=O) groups excluding carboxylic acids is 2. The number of nitrogens with two attached hydrogens (primary N) is 1. The van der Waals surface area contributed by atoms with Gasteiger partial charge < -0.3 is 15.8 Å². The molecule has 0 fully saturated rings. The summed E-state index contributed by atoms with van der Waals surface area (Å²) in [4.78, 5) is 26.6. The molecule has 1 aromatic rings. The van der Waals surface area contributed by atoms with Crippen molar-refractivity contribution in [3.63, 3.8) is 0 Å². The van der Waals surface area contributed by atoms with Crippen LogP contribution in [0.15, 0.2) is 0 Å². The van der Waals surface area contributed by atoms with Gasteiger partial charge in [-0.2, -0.15) is 0 Å². The van der Waals surface area contributed by atoms with Crippen LogP contribution >= 0.6 is 34.8 Å². The number of nitrogens with zero attached hydrogens (tertiary/aromatic N) is 1. The number of aromatic nitrogens is 1. The molecule has 3 N–H and O–H groups in total. The van der Waals surface area contributed by atoms with Crippen LogP contribution in [0.5, 0.6) is 0 Å². The lowest BCUT2D eigenvalue weighted by atomic mass is 10.3. The second-order valence-electron chi connectivity index (χ2n) is 3.35. The van der Waals surface area contributed by atoms with Crippen molar-refractivity contribution >= 4 is 52.4 Å². The number of hydrogen-bond acceptors (Lipinski definition) is 5. The topological polar surface area (TPSA) is 94.3 Å². The van der Waals surface area contributed by atoms with E-state index in [1.165, 1.54) is 0 Å². The number of esters is 1. The summed E-state index contributed by atoms with van der Waals surface area (Å²) < 4.78 is 4.69. The molecule has 0 spiro atoms. The average molecular weight is 337 g/mol. The van der Waals surface area contributed by atoms with Crippen molar-refractivity contribution in [2.45, 2.75) is 0 Å². The van der Waals surface area contributed by atoms with Crippen molar-refractivity contribution in [2.75, 3.05) is 18.9 Å². The number of nitrogen functional groups attached to an aromatic ring is 1. The van der Waals surface area contributed by atoms with Gasteiger partial charge >= 0.3 is 5.97 Å². The summed E-state index contributed by atoms with van der Waals surface area (Å²) in [6.07, 6.45) is 4.95. The van der Waals surface area contributed by atoms with Gasteiger partial charge in [-0.1, -0.05) is 40.7 Å². The molecule has 0 bridgehead atoms. The molecule has 0 aromatic carbocycles. The summed E-state index contributed by atoms with van der Waals surface area (Å²) in [5, 5.41) is 1.84. The summed E-state index contributed by atoms with van der Waals surface area (Å²) in [5.41, 5.74) is 5.12. The maximum atomic E-state index is 11.7. The SMILES string of the molecule is C#CCNC(=O)COC(=O)c1nc(Cl)c(Cl)c(N)c1Cl. The molecular formula is C11H8Cl3N3O3. The van der Waals surface area contributed by atoms with Crippen LogP contribution in [0.2, 0.25) is 15.2 Å². The number of terminal acetylenes is 1. The van der Waals surface area contributed by atoms with Crippen LogP contribution in [0, 0.1) is 12.3 Å². The third-order valence-corrected chi connectivity index (χ3v) is 3.12. The molecule has 6 nitrogen and oxygen atoms in total. The van der Waals surface area contributed by atoms with Crippen LogP contribution in [0.4, 0.5) is 5.69 Å². The predicted molar refractivity (Wildman–Crippen MR) is 75.8 cm³/mol. The highest BCUT2D eigenvalue weighted by molar-refractivity contribution is 6.46. The number of nitrogens with one attached hydrogen (secondary N) is 1. The number of hydrogen-bond donors (Lipinski definition) is 2. The van der Waals surface area contributed by atoms with E-state index >= 15 is 0 Å². The maximum Gasteiger partial charge on any atom is 0.359 e. The molecule has 0 radical (unpaired) electrons. The summed E-state index contributed by atoms with van der Waals surface area (Å²) in [7, 11) is 0. The number of ether oxygens (including phenoxy) is 1. The highest BCUT2D eigenvalue weighted by Gasteiger charge is 2.21. The van der Waals surface area contributed by atoms with Gasteiger partial charge in [-0.15, -0.1) is 6.42 Å². The molecule has 1 amide bonds. The van der Waals surface area contributed by atoms with Gasteiger partial charge in [0.1, 0.15) is 5.02 Å². The van der Waals surface area contributed by atoms with Crippen molar-refractivity contribution < 1.29 is 14.3 Å². The second-order valence-corrected chi connectivity index (χ2v) is 4.46. The molecule has 0 aliphatic rings. The van der Waals surface area contributed by atoms with Crippen LogP contribution in [-0.2, 0) is 9.53 Å². The summed E-state index contributed by atoms with van der Waals surface area (Å²) >= 11 is 17.2. The monoisotopic (exact) mass is 335 g/mol. The third-order valence-electron chi connectivity index (χ3n) is 1.99. The predicted octanol–water partition coefficient (Wildman–Crippen LogP) is 1.53. The molecule has 20 heavy (non-hydrogen) atoms. The quantitative estimate of drug-likeness (QED) is 0.494. The molecular weight excluding hydrogens is 328 g/mol. The van der Waals surface area contributed by atoms with Crippen molar-refractivity contribution in [1.29, 1.82) is 0 Å². The minimum absolute atomic E-state index is 0.0229. The minimum atomic E-state index is -0.962. The van der Waals surface area contributed by atoms with Gasteiger partial charge in [0.15, 0.2) is 17.5 Å². The van der Waals surface area contributed by atoms with Crippen molar-refractivity contribution in [3.05, 3.63) is 20.9 Å². The maximum absolute atomic E-state index is 11.7. The zero-order valence-electron chi connectivity index (χ0n) is 9.87. The Kier molecular flexibility index (Phi) is 5.89. The van der Waals surface area contributed by atoms with Gasteiger partial charge in [0, 0.05) is 0 Å². The molecule has 9 heteroatoms. The Morgan fingerprint density at radius 3 is 2.60 bits per heavy atom. The van der Waals surface area contributed by atoms with E-state index in [4.69, 9.17) is 51.7 Å². The first-order valence-electron chi connectivity index (χ1n) is 5.05. The van der Waals surface area contributed by atoms with E-state index in [-0.39, 0.29) is 33.1 Å². The molecule has 0 unspecified atom stereocenters. The standard InChI is InChI=1S/C11H8Cl3N3O3/c1-2-3-16-5(18)4-20-11(19)9-6(12)8(15)7(13)10(14)17-9/h1H,3-4H2,(H2,15,17)(H,16,18). The molecule has 1 aromatic heterocycles. The fourth-order valence-electron chi connectivity index (χ4n) is 1.07. The van der Waals surface area contributed by atoms with E-state index in [1.54, 1.807) is 0 Å². The summed E-state index contributed by atoms with van der Waals surface area (Å²) in [5.74, 6) is 0.663. The Morgan fingerprint density at radius 2 is 2.00 bits per heavy atom. The minimum Gasteiger partial charge on any atom is -0.451 e. The molecule has 106 valence electrons. The van der Waals surface area contributed by atoms with Gasteiger partial charge in [-0.3, -0.25) is 4.79 Å². The first-order chi connectivity index (χ1) is 9.38. The Morgan fingerprint density at radius 1 is 1.35 bits per heavy atom. The fourth-order valence-corrected chi connectivity index (χ4v) is 1.65. The highest BCUT2D eigenvalue weighted by Crippen LogP contribution is 2.34. The number of carbonyl (C=O) groups is 2. The Balaban J connectivity index is 2.79. The Hall–Kier alpha value is -1.68. The smallest absolute Gasteiger partial charge is 0.359 e. The number of rotatable bonds is 4. The molecule has 1 heterocycles. The van der Waals surface area contributed by atoms with E-state index in [0.717, 1.165) is 0 Å². The van der Waals surface area contributed by atoms with Gasteiger partial charge in [-0.05, 0) is 0 Å². The molecule has 0 saturated heterocycles. The van der Waals surface area contributed by atoms with Crippen molar-refractivity contribution in [2.24, 2.45) is 0 Å². The van der Waals surface area contributed by atoms with E-state index in [9.17, 15) is 9.59 Å². The van der Waals surface area contributed by atoms with E-state index in [2.05, 4.69) is 16.2 Å². The molecule has 0 atom stereocenters. The van der Waals surface area contributed by atoms with Gasteiger partial charge in [0.05, 0.1) is 17.3 Å². The van der Waals surface area contributed by atoms with Gasteiger partial charge in [0.25, 0.3) is 5.91 Å². The van der Waals surface area contributed by atoms with Crippen molar-refractivity contribution in [1.82, 2.24) is 10.3 Å². The molecule has 0 aliphatic carbocycles.